The number of benzene rings is 2. The second-order valence-corrected chi connectivity index (χ2v) is 7.48. The molecular formula is C23H27N3O2. The summed E-state index contributed by atoms with van der Waals surface area (Å²) in [7, 11) is 0. The van der Waals surface area contributed by atoms with Crippen LogP contribution in [0, 0.1) is 27.7 Å². The van der Waals surface area contributed by atoms with E-state index in [-0.39, 0.29) is 11.6 Å². The third-order valence-electron chi connectivity index (χ3n) is 4.88. The molecule has 0 fully saturated rings. The van der Waals surface area contributed by atoms with Crippen LogP contribution in [0.1, 0.15) is 34.7 Å². The number of nitrogens with one attached hydrogen (secondary N) is 2. The van der Waals surface area contributed by atoms with Gasteiger partial charge in [0.1, 0.15) is 0 Å². The van der Waals surface area contributed by atoms with E-state index in [1.165, 1.54) is 0 Å². The number of fused-ring (bicyclic) bond motifs is 1. The maximum atomic E-state index is 12.9. The van der Waals surface area contributed by atoms with Crippen molar-refractivity contribution < 1.29 is 4.79 Å². The lowest BCUT2D eigenvalue weighted by molar-refractivity contribution is 0.212. The van der Waals surface area contributed by atoms with Crippen LogP contribution in [-0.2, 0) is 6.54 Å². The fourth-order valence-electron chi connectivity index (χ4n) is 3.70. The van der Waals surface area contributed by atoms with Crippen molar-refractivity contribution in [2.75, 3.05) is 11.9 Å². The van der Waals surface area contributed by atoms with Crippen molar-refractivity contribution in [1.29, 1.82) is 0 Å². The fourth-order valence-corrected chi connectivity index (χ4v) is 3.70. The highest BCUT2D eigenvalue weighted by molar-refractivity contribution is 5.90. The number of rotatable bonds is 4. The Bertz CT molecular complexity index is 1080. The van der Waals surface area contributed by atoms with Gasteiger partial charge in [0.05, 0.1) is 5.52 Å². The molecule has 0 aliphatic rings. The number of amides is 2. The zero-order chi connectivity index (χ0) is 20.4. The van der Waals surface area contributed by atoms with E-state index in [1.54, 1.807) is 11.0 Å². The highest BCUT2D eigenvalue weighted by Crippen LogP contribution is 2.22. The molecule has 1 heterocycles. The molecule has 1 aromatic heterocycles. The van der Waals surface area contributed by atoms with Crippen LogP contribution in [0.15, 0.2) is 41.2 Å². The number of carbonyl (C=O) groups excluding carboxylic acids is 1. The lowest BCUT2D eigenvalue weighted by Crippen LogP contribution is -2.34. The number of aryl methyl sites for hydroxylation is 4. The summed E-state index contributed by atoms with van der Waals surface area (Å²) in [5.41, 5.74) is 6.66. The van der Waals surface area contributed by atoms with Gasteiger partial charge in [-0.05, 0) is 75.1 Å². The van der Waals surface area contributed by atoms with Crippen molar-refractivity contribution >= 4 is 22.6 Å². The molecule has 5 heteroatoms. The smallest absolute Gasteiger partial charge is 0.322 e. The van der Waals surface area contributed by atoms with Gasteiger partial charge >= 0.3 is 6.03 Å². The topological polar surface area (TPSA) is 65.2 Å². The first-order chi connectivity index (χ1) is 13.3. The molecule has 0 saturated carbocycles. The highest BCUT2D eigenvalue weighted by Gasteiger charge is 2.15. The molecular weight excluding hydrogens is 350 g/mol. The number of nitrogens with zero attached hydrogens (tertiary/aromatic N) is 1. The first kappa shape index (κ1) is 19.7. The quantitative estimate of drug-likeness (QED) is 0.685. The van der Waals surface area contributed by atoms with E-state index in [9.17, 15) is 9.59 Å². The molecule has 2 aromatic carbocycles. The van der Waals surface area contributed by atoms with E-state index in [0.717, 1.165) is 44.4 Å². The number of hydrogen-bond donors (Lipinski definition) is 2. The van der Waals surface area contributed by atoms with Crippen molar-refractivity contribution in [3.05, 3.63) is 74.6 Å². The summed E-state index contributed by atoms with van der Waals surface area (Å²) in [5.74, 6) is 0. The Hall–Kier alpha value is -3.08. The summed E-state index contributed by atoms with van der Waals surface area (Å²) >= 11 is 0. The number of carbonyl (C=O) groups is 1. The third kappa shape index (κ3) is 4.25. The Balaban J connectivity index is 1.92. The van der Waals surface area contributed by atoms with Crippen LogP contribution in [-0.4, -0.2) is 22.5 Å². The highest BCUT2D eigenvalue weighted by atomic mass is 16.2. The Morgan fingerprint density at radius 2 is 1.61 bits per heavy atom. The first-order valence-corrected chi connectivity index (χ1v) is 9.54. The molecule has 5 nitrogen and oxygen atoms in total. The molecule has 3 aromatic rings. The van der Waals surface area contributed by atoms with Crippen molar-refractivity contribution in [2.45, 2.75) is 41.2 Å². The van der Waals surface area contributed by atoms with Gasteiger partial charge in [0.2, 0.25) is 5.56 Å². The SMILES string of the molecule is CCN(Cc1cc(=O)[nH]c2c(C)cc(C)cc12)C(=O)Nc1cc(C)cc(C)c1. The lowest BCUT2D eigenvalue weighted by atomic mass is 10.0. The Labute approximate surface area is 165 Å². The van der Waals surface area contributed by atoms with E-state index in [2.05, 4.69) is 22.4 Å². The molecule has 28 heavy (non-hydrogen) atoms. The van der Waals surface area contributed by atoms with Crippen LogP contribution >= 0.6 is 0 Å². The zero-order valence-corrected chi connectivity index (χ0v) is 17.1. The van der Waals surface area contributed by atoms with Crippen LogP contribution in [0.2, 0.25) is 0 Å². The van der Waals surface area contributed by atoms with Gasteiger partial charge in [-0.15, -0.1) is 0 Å². The molecule has 146 valence electrons. The lowest BCUT2D eigenvalue weighted by Gasteiger charge is -2.23. The minimum atomic E-state index is -0.176. The molecule has 0 radical (unpaired) electrons. The van der Waals surface area contributed by atoms with E-state index < -0.39 is 0 Å². The maximum absolute atomic E-state index is 12.9. The average molecular weight is 377 g/mol. The second-order valence-electron chi connectivity index (χ2n) is 7.48. The van der Waals surface area contributed by atoms with Crippen LogP contribution in [0.25, 0.3) is 10.9 Å². The van der Waals surface area contributed by atoms with Gasteiger partial charge in [0, 0.05) is 30.2 Å². The van der Waals surface area contributed by atoms with Gasteiger partial charge < -0.3 is 15.2 Å². The number of urea groups is 1. The molecule has 0 spiro atoms. The van der Waals surface area contributed by atoms with Crippen LogP contribution in [0.5, 0.6) is 0 Å². The molecule has 0 aliphatic heterocycles. The van der Waals surface area contributed by atoms with Crippen molar-refractivity contribution in [2.24, 2.45) is 0 Å². The van der Waals surface area contributed by atoms with Crippen molar-refractivity contribution in [3.63, 3.8) is 0 Å². The van der Waals surface area contributed by atoms with Gasteiger partial charge in [0.15, 0.2) is 0 Å². The average Bonchev–Trinajstić information content (AvgIpc) is 2.59. The largest absolute Gasteiger partial charge is 0.322 e. The Kier molecular flexibility index (Phi) is 5.54. The number of pyridine rings is 1. The number of aromatic amines is 1. The minimum Gasteiger partial charge on any atom is -0.322 e. The summed E-state index contributed by atoms with van der Waals surface area (Å²) in [6, 6.07) is 11.5. The molecule has 3 rings (SSSR count). The van der Waals surface area contributed by atoms with E-state index in [0.29, 0.717) is 13.1 Å². The van der Waals surface area contributed by atoms with Crippen LogP contribution in [0.3, 0.4) is 0 Å². The van der Waals surface area contributed by atoms with Crippen molar-refractivity contribution in [1.82, 2.24) is 9.88 Å². The van der Waals surface area contributed by atoms with Gasteiger partial charge in [-0.2, -0.15) is 0 Å². The second kappa shape index (κ2) is 7.89. The molecule has 0 bridgehead atoms. The van der Waals surface area contributed by atoms with Gasteiger partial charge in [-0.25, -0.2) is 4.79 Å². The van der Waals surface area contributed by atoms with E-state index >= 15 is 0 Å². The van der Waals surface area contributed by atoms with E-state index in [4.69, 9.17) is 0 Å². The summed E-state index contributed by atoms with van der Waals surface area (Å²) in [5, 5.41) is 3.96. The van der Waals surface area contributed by atoms with Gasteiger partial charge in [-0.3, -0.25) is 4.79 Å². The molecule has 2 N–H and O–H groups in total. The molecule has 2 amide bonds. The summed E-state index contributed by atoms with van der Waals surface area (Å²) in [6.07, 6.45) is 0. The zero-order valence-electron chi connectivity index (χ0n) is 17.1. The minimum absolute atomic E-state index is 0.153. The van der Waals surface area contributed by atoms with E-state index in [1.807, 2.05) is 52.8 Å². The Morgan fingerprint density at radius 3 is 2.25 bits per heavy atom. The standard InChI is InChI=1S/C23H27N3O2/c1-6-26(23(28)24-19-9-14(2)7-15(3)10-19)13-18-12-21(27)25-22-17(5)8-16(4)11-20(18)22/h7-12H,6,13H2,1-5H3,(H,24,28)(H,25,27). The molecule has 0 aliphatic carbocycles. The summed E-state index contributed by atoms with van der Waals surface area (Å²) in [6.45, 7) is 10.9. The van der Waals surface area contributed by atoms with Gasteiger partial charge in [0.25, 0.3) is 0 Å². The maximum Gasteiger partial charge on any atom is 0.322 e. The van der Waals surface area contributed by atoms with Crippen molar-refractivity contribution in [3.8, 4) is 0 Å². The number of anilines is 1. The molecule has 0 atom stereocenters. The van der Waals surface area contributed by atoms with Gasteiger partial charge in [-0.1, -0.05) is 17.7 Å². The first-order valence-electron chi connectivity index (χ1n) is 9.54. The summed E-state index contributed by atoms with van der Waals surface area (Å²) in [4.78, 5) is 29.7. The fraction of sp³-hybridized carbons (Fsp3) is 0.304. The monoisotopic (exact) mass is 377 g/mol. The number of aromatic nitrogens is 1. The van der Waals surface area contributed by atoms with Crippen LogP contribution < -0.4 is 10.9 Å². The Morgan fingerprint density at radius 1 is 0.964 bits per heavy atom. The molecule has 0 saturated heterocycles. The predicted molar refractivity (Wildman–Crippen MR) is 115 cm³/mol. The summed E-state index contributed by atoms with van der Waals surface area (Å²) < 4.78 is 0. The normalized spacial score (nSPS) is 10.9. The predicted octanol–water partition coefficient (Wildman–Crippen LogP) is 4.82. The van der Waals surface area contributed by atoms with Crippen LogP contribution in [0.4, 0.5) is 10.5 Å². The molecule has 0 unspecified atom stereocenters. The number of hydrogen-bond acceptors (Lipinski definition) is 2. The number of H-pyrrole nitrogens is 1. The third-order valence-corrected chi connectivity index (χ3v) is 4.88.